The molecule has 2 aromatic rings. The summed E-state index contributed by atoms with van der Waals surface area (Å²) >= 11 is 0. The van der Waals surface area contributed by atoms with Gasteiger partial charge in [-0.3, -0.25) is 0 Å². The molecule has 0 aliphatic carbocycles. The van der Waals surface area contributed by atoms with Crippen LogP contribution >= 0.6 is 0 Å². The molecule has 0 saturated heterocycles. The molecule has 2 heterocycles. The molecule has 0 atom stereocenters. The first-order valence-corrected chi connectivity index (χ1v) is 3.54. The molecule has 2 aromatic heterocycles. The maximum absolute atomic E-state index is 3.66. The zero-order chi connectivity index (χ0) is 8.49. The second kappa shape index (κ2) is 9.13. The summed E-state index contributed by atoms with van der Waals surface area (Å²) in [7, 11) is 0. The minimum atomic E-state index is 0. The molecule has 0 bridgehead atoms. The maximum atomic E-state index is 3.66. The van der Waals surface area contributed by atoms with Crippen LogP contribution in [-0.2, 0) is 22.4 Å². The summed E-state index contributed by atoms with van der Waals surface area (Å²) in [5.41, 5.74) is 0. The molecule has 13 heavy (non-hydrogen) atoms. The van der Waals surface area contributed by atoms with Crippen LogP contribution in [0.2, 0.25) is 0 Å². The van der Waals surface area contributed by atoms with Crippen molar-refractivity contribution < 1.29 is 22.4 Å². The summed E-state index contributed by atoms with van der Waals surface area (Å²) in [5, 5.41) is 0. The van der Waals surface area contributed by atoms with Gasteiger partial charge in [-0.2, -0.15) is 36.4 Å². The number of hydrogen-bond acceptors (Lipinski definition) is 2. The van der Waals surface area contributed by atoms with Crippen LogP contribution in [0.4, 0.5) is 0 Å². The Labute approximate surface area is 93.6 Å². The molecule has 2 nitrogen and oxygen atoms in total. The maximum Gasteiger partial charge on any atom is 0 e. The van der Waals surface area contributed by atoms with Gasteiger partial charge in [0.2, 0.25) is 0 Å². The van der Waals surface area contributed by atoms with Crippen LogP contribution in [0.15, 0.2) is 48.8 Å². The van der Waals surface area contributed by atoms with Crippen LogP contribution in [-0.4, -0.2) is 9.97 Å². The van der Waals surface area contributed by atoms with Gasteiger partial charge in [-0.1, -0.05) is 24.8 Å². The second-order valence-corrected chi connectivity index (χ2v) is 1.92. The van der Waals surface area contributed by atoms with Gasteiger partial charge in [0, 0.05) is 22.4 Å². The number of aromatic nitrogens is 2. The molecular weight excluding hydrogens is 256 g/mol. The van der Waals surface area contributed by atoms with E-state index in [-0.39, 0.29) is 22.4 Å². The van der Waals surface area contributed by atoms with Gasteiger partial charge >= 0.3 is 0 Å². The minimum Gasteiger partial charge on any atom is -0.394 e. The average molecular weight is 264 g/mol. The standard InChI is InChI=1S/2C5H4N.Ag/c2*1-2-4-6-5-3-1;/h2*1-4H;/q2*-1;. The molecule has 1 radical (unpaired) electrons. The van der Waals surface area contributed by atoms with Gasteiger partial charge in [-0.15, -0.1) is 0 Å². The van der Waals surface area contributed by atoms with Gasteiger partial charge in [0.15, 0.2) is 0 Å². The van der Waals surface area contributed by atoms with Crippen molar-refractivity contribution in [1.82, 2.24) is 9.97 Å². The molecule has 0 fully saturated rings. The fraction of sp³-hybridized carbons (Fsp3) is 0. The Balaban J connectivity index is 0.000000206. The fourth-order valence-electron chi connectivity index (χ4n) is 0.555. The van der Waals surface area contributed by atoms with Crippen molar-refractivity contribution in [3.63, 3.8) is 0 Å². The van der Waals surface area contributed by atoms with Gasteiger partial charge in [-0.25, -0.2) is 0 Å². The van der Waals surface area contributed by atoms with E-state index in [0.29, 0.717) is 0 Å². The van der Waals surface area contributed by atoms with Crippen LogP contribution in [0.1, 0.15) is 0 Å². The largest absolute Gasteiger partial charge is 0.394 e. The summed E-state index contributed by atoms with van der Waals surface area (Å²) in [6.45, 7) is 0. The van der Waals surface area contributed by atoms with E-state index in [2.05, 4.69) is 22.4 Å². The van der Waals surface area contributed by atoms with Gasteiger partial charge in [0.25, 0.3) is 0 Å². The number of hydrogen-bond donors (Lipinski definition) is 0. The zero-order valence-electron chi connectivity index (χ0n) is 6.81. The molecule has 0 saturated carbocycles. The van der Waals surface area contributed by atoms with Crippen molar-refractivity contribution in [2.75, 3.05) is 0 Å². The Morgan fingerprint density at radius 1 is 0.692 bits per heavy atom. The van der Waals surface area contributed by atoms with Crippen molar-refractivity contribution in [2.24, 2.45) is 0 Å². The third-order valence-corrected chi connectivity index (χ3v) is 1.03. The van der Waals surface area contributed by atoms with Gasteiger partial charge in [-0.05, 0) is 0 Å². The molecule has 0 N–H and O–H groups in total. The monoisotopic (exact) mass is 263 g/mol. The predicted octanol–water partition coefficient (Wildman–Crippen LogP) is 1.76. The summed E-state index contributed by atoms with van der Waals surface area (Å²) in [4.78, 5) is 7.32. The van der Waals surface area contributed by atoms with Crippen LogP contribution in [0.25, 0.3) is 0 Å². The first kappa shape index (κ1) is 12.0. The van der Waals surface area contributed by atoms with Crippen molar-refractivity contribution in [1.29, 1.82) is 0 Å². The molecule has 3 heteroatoms. The average Bonchev–Trinajstić information content (AvgIpc) is 2.24. The SMILES string of the molecule is [Ag].[c-]1ccccn1.[c-]1ccccn1. The first-order chi connectivity index (χ1) is 6.00. The Bertz CT molecular complexity index is 188. The van der Waals surface area contributed by atoms with E-state index in [9.17, 15) is 0 Å². The number of pyridine rings is 2. The third-order valence-electron chi connectivity index (χ3n) is 1.03. The van der Waals surface area contributed by atoms with Crippen LogP contribution in [0.3, 0.4) is 0 Å². The summed E-state index contributed by atoms with van der Waals surface area (Å²) in [5.74, 6) is 0. The van der Waals surface area contributed by atoms with E-state index in [4.69, 9.17) is 0 Å². The molecule has 2 rings (SSSR count). The van der Waals surface area contributed by atoms with E-state index >= 15 is 0 Å². The molecule has 0 unspecified atom stereocenters. The van der Waals surface area contributed by atoms with Crippen LogP contribution < -0.4 is 0 Å². The molecule has 71 valence electrons. The number of nitrogens with zero attached hydrogens (tertiary/aromatic N) is 2. The quantitative estimate of drug-likeness (QED) is 0.535. The molecule has 0 aliphatic rings. The normalized spacial score (nSPS) is 7.38. The minimum absolute atomic E-state index is 0. The molecule has 0 aliphatic heterocycles. The van der Waals surface area contributed by atoms with Crippen molar-refractivity contribution in [2.45, 2.75) is 0 Å². The Morgan fingerprint density at radius 2 is 1.15 bits per heavy atom. The summed E-state index contributed by atoms with van der Waals surface area (Å²) in [6.07, 6.45) is 8.67. The molecule has 0 aromatic carbocycles. The predicted molar refractivity (Wildman–Crippen MR) is 46.1 cm³/mol. The van der Waals surface area contributed by atoms with E-state index in [1.165, 1.54) is 0 Å². The fourth-order valence-corrected chi connectivity index (χ4v) is 0.555. The summed E-state index contributed by atoms with van der Waals surface area (Å²) < 4.78 is 0. The Morgan fingerprint density at radius 3 is 1.23 bits per heavy atom. The van der Waals surface area contributed by atoms with Crippen LogP contribution in [0, 0.1) is 12.4 Å². The smallest absolute Gasteiger partial charge is 0 e. The molecular formula is C10H8AgN2-2. The Kier molecular flexibility index (Phi) is 8.46. The second-order valence-electron chi connectivity index (χ2n) is 1.92. The molecule has 0 amide bonds. The van der Waals surface area contributed by atoms with E-state index in [0.717, 1.165) is 0 Å². The third kappa shape index (κ3) is 7.40. The van der Waals surface area contributed by atoms with Gasteiger partial charge in [0.05, 0.1) is 0 Å². The van der Waals surface area contributed by atoms with Gasteiger partial charge < -0.3 is 9.97 Å². The van der Waals surface area contributed by atoms with Crippen molar-refractivity contribution >= 4 is 0 Å². The van der Waals surface area contributed by atoms with Gasteiger partial charge in [0.1, 0.15) is 0 Å². The van der Waals surface area contributed by atoms with E-state index in [1.807, 2.05) is 24.3 Å². The zero-order valence-corrected chi connectivity index (χ0v) is 8.30. The van der Waals surface area contributed by atoms with Crippen molar-refractivity contribution in [3.8, 4) is 0 Å². The first-order valence-electron chi connectivity index (χ1n) is 3.54. The Hall–Kier alpha value is -0.960. The van der Waals surface area contributed by atoms with Crippen LogP contribution in [0.5, 0.6) is 0 Å². The topological polar surface area (TPSA) is 25.8 Å². The van der Waals surface area contributed by atoms with E-state index in [1.54, 1.807) is 24.5 Å². The molecule has 0 spiro atoms. The van der Waals surface area contributed by atoms with E-state index < -0.39 is 0 Å². The van der Waals surface area contributed by atoms with Crippen molar-refractivity contribution in [3.05, 3.63) is 61.2 Å². The summed E-state index contributed by atoms with van der Waals surface area (Å²) in [6, 6.07) is 11.0. The number of rotatable bonds is 0.